The van der Waals surface area contributed by atoms with E-state index >= 15 is 0 Å². The van der Waals surface area contributed by atoms with Gasteiger partial charge in [-0.25, -0.2) is 9.18 Å². The number of amides is 1. The van der Waals surface area contributed by atoms with Gasteiger partial charge in [0.25, 0.3) is 11.6 Å². The van der Waals surface area contributed by atoms with Gasteiger partial charge in [-0.3, -0.25) is 14.9 Å². The monoisotopic (exact) mass is 388 g/mol. The normalized spacial score (nSPS) is 11.7. The number of nitrogens with zero attached hydrogens (tertiary/aromatic N) is 1. The zero-order valence-corrected chi connectivity index (χ0v) is 15.0. The van der Waals surface area contributed by atoms with Gasteiger partial charge in [0.05, 0.1) is 17.7 Å². The summed E-state index contributed by atoms with van der Waals surface area (Å²) >= 11 is 0. The number of carbonyl (C=O) groups excluding carboxylic acids is 2. The molecular weight excluding hydrogens is 371 g/mol. The lowest BCUT2D eigenvalue weighted by molar-refractivity contribution is -0.384. The van der Waals surface area contributed by atoms with Crippen LogP contribution in [0.1, 0.15) is 12.5 Å². The minimum atomic E-state index is -1.21. The van der Waals surface area contributed by atoms with Crippen LogP contribution in [0.25, 0.3) is 6.08 Å². The highest BCUT2D eigenvalue weighted by atomic mass is 19.1. The summed E-state index contributed by atoms with van der Waals surface area (Å²) in [6.45, 7) is 1.33. The number of methoxy groups -OCH3 is 1. The summed E-state index contributed by atoms with van der Waals surface area (Å²) in [5.41, 5.74) is 0.0120. The first-order valence-corrected chi connectivity index (χ1v) is 8.08. The van der Waals surface area contributed by atoms with Crippen molar-refractivity contribution in [2.45, 2.75) is 13.0 Å². The van der Waals surface area contributed by atoms with Gasteiger partial charge >= 0.3 is 5.97 Å². The van der Waals surface area contributed by atoms with Gasteiger partial charge in [-0.05, 0) is 25.1 Å². The molecule has 28 heavy (non-hydrogen) atoms. The highest BCUT2D eigenvalue weighted by Gasteiger charge is 2.20. The largest absolute Gasteiger partial charge is 0.495 e. The molecule has 0 fully saturated rings. The summed E-state index contributed by atoms with van der Waals surface area (Å²) in [6, 6.07) is 9.53. The van der Waals surface area contributed by atoms with Crippen molar-refractivity contribution in [1.29, 1.82) is 0 Å². The molecule has 2 aromatic carbocycles. The fraction of sp³-hybridized carbons (Fsp3) is 0.158. The fourth-order valence-corrected chi connectivity index (χ4v) is 2.18. The van der Waals surface area contributed by atoms with Crippen molar-refractivity contribution in [3.8, 4) is 5.75 Å². The minimum Gasteiger partial charge on any atom is -0.495 e. The number of nitrogens with one attached hydrogen (secondary N) is 1. The molecule has 1 atom stereocenters. The predicted octanol–water partition coefficient (Wildman–Crippen LogP) is 3.33. The second-order valence-corrected chi connectivity index (χ2v) is 5.56. The molecule has 9 heteroatoms. The number of rotatable bonds is 7. The first-order valence-electron chi connectivity index (χ1n) is 8.08. The number of nitro benzene ring substituents is 1. The molecule has 1 amide bonds. The van der Waals surface area contributed by atoms with Crippen LogP contribution in [-0.2, 0) is 14.3 Å². The number of nitro groups is 1. The molecule has 0 aromatic heterocycles. The Morgan fingerprint density at radius 1 is 1.25 bits per heavy atom. The standard InChI is InChI=1S/C19H17FN2O6/c1-12(28-18(23)10-7-13-5-3-4-6-15(13)20)19(24)21-16-11-14(22(25)26)8-9-17(16)27-2/h3-12H,1-2H3,(H,21,24)/b10-7+/t12-/m1/s1. The van der Waals surface area contributed by atoms with Crippen LogP contribution in [-0.4, -0.2) is 30.0 Å². The number of ether oxygens (including phenoxy) is 2. The summed E-state index contributed by atoms with van der Waals surface area (Å²) in [7, 11) is 1.34. The van der Waals surface area contributed by atoms with Crippen molar-refractivity contribution in [2.75, 3.05) is 12.4 Å². The molecule has 0 radical (unpaired) electrons. The van der Waals surface area contributed by atoms with Crippen molar-refractivity contribution >= 4 is 29.3 Å². The van der Waals surface area contributed by atoms with E-state index in [0.717, 1.165) is 12.1 Å². The van der Waals surface area contributed by atoms with Crippen LogP contribution in [0, 0.1) is 15.9 Å². The lowest BCUT2D eigenvalue weighted by Crippen LogP contribution is -2.29. The van der Waals surface area contributed by atoms with Gasteiger partial charge in [0.15, 0.2) is 6.10 Å². The average molecular weight is 388 g/mol. The third kappa shape index (κ3) is 5.37. The maximum atomic E-state index is 13.5. The highest BCUT2D eigenvalue weighted by molar-refractivity contribution is 5.97. The van der Waals surface area contributed by atoms with Gasteiger partial charge in [0.1, 0.15) is 11.6 Å². The van der Waals surface area contributed by atoms with Crippen LogP contribution in [0.2, 0.25) is 0 Å². The fourth-order valence-electron chi connectivity index (χ4n) is 2.18. The Bertz CT molecular complexity index is 928. The number of hydrogen-bond donors (Lipinski definition) is 1. The van der Waals surface area contributed by atoms with Gasteiger partial charge in [-0.1, -0.05) is 18.2 Å². The summed E-state index contributed by atoms with van der Waals surface area (Å²) in [5, 5.41) is 13.3. The molecule has 1 N–H and O–H groups in total. The van der Waals surface area contributed by atoms with E-state index in [1.165, 1.54) is 50.4 Å². The Labute approximate surface area is 159 Å². The molecule has 146 valence electrons. The van der Waals surface area contributed by atoms with Crippen molar-refractivity contribution < 1.29 is 28.4 Å². The molecule has 0 heterocycles. The summed E-state index contributed by atoms with van der Waals surface area (Å²) in [4.78, 5) is 34.3. The van der Waals surface area contributed by atoms with E-state index in [2.05, 4.69) is 5.32 Å². The second-order valence-electron chi connectivity index (χ2n) is 5.56. The zero-order valence-electron chi connectivity index (χ0n) is 15.0. The van der Waals surface area contributed by atoms with Crippen LogP contribution in [0.15, 0.2) is 48.5 Å². The van der Waals surface area contributed by atoms with Gasteiger partial charge in [-0.15, -0.1) is 0 Å². The number of halogens is 1. The van der Waals surface area contributed by atoms with Crippen LogP contribution >= 0.6 is 0 Å². The molecule has 2 rings (SSSR count). The molecular formula is C19H17FN2O6. The predicted molar refractivity (Wildman–Crippen MR) is 99.3 cm³/mol. The molecule has 0 bridgehead atoms. The molecule has 0 saturated carbocycles. The second kappa shape index (κ2) is 9.26. The van der Waals surface area contributed by atoms with Crippen LogP contribution < -0.4 is 10.1 Å². The molecule has 0 spiro atoms. The van der Waals surface area contributed by atoms with Crippen LogP contribution in [0.5, 0.6) is 5.75 Å². The summed E-state index contributed by atoms with van der Waals surface area (Å²) < 4.78 is 23.5. The van der Waals surface area contributed by atoms with Crippen LogP contribution in [0.4, 0.5) is 15.8 Å². The Balaban J connectivity index is 2.03. The lowest BCUT2D eigenvalue weighted by atomic mass is 10.2. The number of esters is 1. The maximum Gasteiger partial charge on any atom is 0.331 e. The smallest absolute Gasteiger partial charge is 0.331 e. The Kier molecular flexibility index (Phi) is 6.80. The highest BCUT2D eigenvalue weighted by Crippen LogP contribution is 2.29. The number of hydrogen-bond acceptors (Lipinski definition) is 6. The van der Waals surface area contributed by atoms with Crippen molar-refractivity contribution in [3.05, 3.63) is 70.0 Å². The van der Waals surface area contributed by atoms with E-state index in [4.69, 9.17) is 9.47 Å². The first-order chi connectivity index (χ1) is 13.3. The lowest BCUT2D eigenvalue weighted by Gasteiger charge is -2.14. The summed E-state index contributed by atoms with van der Waals surface area (Å²) in [6.07, 6.45) is 1.02. The van der Waals surface area contributed by atoms with Crippen molar-refractivity contribution in [3.63, 3.8) is 0 Å². The summed E-state index contributed by atoms with van der Waals surface area (Å²) in [5.74, 6) is -1.87. The zero-order chi connectivity index (χ0) is 20.7. The molecule has 0 aliphatic carbocycles. The number of anilines is 1. The maximum absolute atomic E-state index is 13.5. The van der Waals surface area contributed by atoms with Crippen LogP contribution in [0.3, 0.4) is 0 Å². The first kappa shape index (κ1) is 20.6. The topological polar surface area (TPSA) is 108 Å². The minimum absolute atomic E-state index is 0.0616. The van der Waals surface area contributed by atoms with Crippen molar-refractivity contribution in [2.24, 2.45) is 0 Å². The van der Waals surface area contributed by atoms with Gasteiger partial charge in [0.2, 0.25) is 0 Å². The molecule has 0 aliphatic heterocycles. The third-order valence-corrected chi connectivity index (χ3v) is 3.62. The van der Waals surface area contributed by atoms with E-state index in [0.29, 0.717) is 0 Å². The van der Waals surface area contributed by atoms with E-state index in [-0.39, 0.29) is 22.7 Å². The van der Waals surface area contributed by atoms with E-state index in [9.17, 15) is 24.1 Å². The van der Waals surface area contributed by atoms with Gasteiger partial charge in [0, 0.05) is 23.8 Å². The van der Waals surface area contributed by atoms with E-state index < -0.39 is 28.7 Å². The Hall–Kier alpha value is -3.75. The van der Waals surface area contributed by atoms with E-state index in [1.54, 1.807) is 6.07 Å². The van der Waals surface area contributed by atoms with Gasteiger partial charge in [-0.2, -0.15) is 0 Å². The average Bonchev–Trinajstić information content (AvgIpc) is 2.67. The molecule has 0 aliphatic rings. The number of benzene rings is 2. The number of non-ortho nitro benzene ring substituents is 1. The number of carbonyl (C=O) groups is 2. The third-order valence-electron chi connectivity index (χ3n) is 3.62. The molecule has 8 nitrogen and oxygen atoms in total. The van der Waals surface area contributed by atoms with E-state index in [1.807, 2.05) is 0 Å². The molecule has 0 unspecified atom stereocenters. The Morgan fingerprint density at radius 3 is 2.61 bits per heavy atom. The van der Waals surface area contributed by atoms with Crippen molar-refractivity contribution in [1.82, 2.24) is 0 Å². The molecule has 0 saturated heterocycles. The quantitative estimate of drug-likeness (QED) is 0.337. The SMILES string of the molecule is COc1ccc([N+](=O)[O-])cc1NC(=O)[C@@H](C)OC(=O)/C=C/c1ccccc1F. The van der Waals surface area contributed by atoms with Gasteiger partial charge < -0.3 is 14.8 Å². The molecule has 2 aromatic rings. The Morgan fingerprint density at radius 2 is 1.96 bits per heavy atom.